The first-order valence-electron chi connectivity index (χ1n) is 4.92. The van der Waals surface area contributed by atoms with Gasteiger partial charge in [-0.2, -0.15) is 0 Å². The van der Waals surface area contributed by atoms with Gasteiger partial charge in [-0.15, -0.1) is 0 Å². The third kappa shape index (κ3) is 1.71. The lowest BCUT2D eigenvalue weighted by molar-refractivity contribution is 0.0600. The molecular formula is C11H11BrN2O2. The van der Waals surface area contributed by atoms with Gasteiger partial charge in [-0.25, -0.2) is 9.78 Å². The van der Waals surface area contributed by atoms with Gasteiger partial charge >= 0.3 is 5.97 Å². The smallest absolute Gasteiger partial charge is 0.339 e. The molecule has 0 aromatic carbocycles. The third-order valence-electron chi connectivity index (χ3n) is 2.40. The van der Waals surface area contributed by atoms with Gasteiger partial charge in [0, 0.05) is 12.6 Å². The van der Waals surface area contributed by atoms with E-state index in [2.05, 4.69) is 25.7 Å². The summed E-state index contributed by atoms with van der Waals surface area (Å²) in [6, 6.07) is 3.58. The maximum Gasteiger partial charge on any atom is 0.339 e. The number of ether oxygens (including phenoxy) is 1. The molecular weight excluding hydrogens is 272 g/mol. The van der Waals surface area contributed by atoms with Gasteiger partial charge in [0.2, 0.25) is 0 Å². The number of hydrogen-bond donors (Lipinski definition) is 0. The molecule has 0 aliphatic heterocycles. The van der Waals surface area contributed by atoms with Gasteiger partial charge in [0.15, 0.2) is 0 Å². The molecule has 0 spiro atoms. The molecule has 2 rings (SSSR count). The van der Waals surface area contributed by atoms with Crippen molar-refractivity contribution in [2.45, 2.75) is 13.3 Å². The zero-order valence-corrected chi connectivity index (χ0v) is 10.6. The minimum absolute atomic E-state index is 0.339. The van der Waals surface area contributed by atoms with Crippen molar-refractivity contribution in [2.75, 3.05) is 7.11 Å². The van der Waals surface area contributed by atoms with E-state index >= 15 is 0 Å². The number of imidazole rings is 1. The summed E-state index contributed by atoms with van der Waals surface area (Å²) < 4.78 is 7.37. The normalized spacial score (nSPS) is 10.7. The topological polar surface area (TPSA) is 43.6 Å². The molecule has 2 aromatic rings. The minimum atomic E-state index is -0.339. The highest BCUT2D eigenvalue weighted by atomic mass is 79.9. The number of pyridine rings is 1. The third-order valence-corrected chi connectivity index (χ3v) is 2.99. The second kappa shape index (κ2) is 4.25. The Bertz CT molecular complexity index is 548. The van der Waals surface area contributed by atoms with E-state index in [1.807, 2.05) is 17.4 Å². The van der Waals surface area contributed by atoms with Crippen LogP contribution in [0.15, 0.2) is 22.9 Å². The number of esters is 1. The van der Waals surface area contributed by atoms with Crippen LogP contribution in [0.2, 0.25) is 0 Å². The summed E-state index contributed by atoms with van der Waals surface area (Å²) in [4.78, 5) is 15.8. The van der Waals surface area contributed by atoms with Crippen molar-refractivity contribution in [3.8, 4) is 0 Å². The Labute approximate surface area is 101 Å². The van der Waals surface area contributed by atoms with Gasteiger partial charge < -0.3 is 9.14 Å². The maximum absolute atomic E-state index is 11.4. The lowest BCUT2D eigenvalue weighted by Crippen LogP contribution is -2.03. The van der Waals surface area contributed by atoms with Crippen LogP contribution in [0.3, 0.4) is 0 Å². The average molecular weight is 283 g/mol. The first-order valence-corrected chi connectivity index (χ1v) is 5.71. The van der Waals surface area contributed by atoms with Crippen LogP contribution in [0.5, 0.6) is 0 Å². The number of aryl methyl sites for hydroxylation is 1. The molecule has 0 atom stereocenters. The standard InChI is InChI=1S/C11H11BrN2O2/c1-3-9-13-10(12)8-5-4-7(6-14(8)9)11(15)16-2/h4-6H,3H2,1-2H3. The molecule has 0 bridgehead atoms. The largest absolute Gasteiger partial charge is 0.465 e. The van der Waals surface area contributed by atoms with Crippen LogP contribution in [-0.2, 0) is 11.2 Å². The Morgan fingerprint density at radius 2 is 2.31 bits per heavy atom. The van der Waals surface area contributed by atoms with Gasteiger partial charge in [-0.1, -0.05) is 6.92 Å². The van der Waals surface area contributed by atoms with Gasteiger partial charge in [-0.05, 0) is 28.1 Å². The summed E-state index contributed by atoms with van der Waals surface area (Å²) in [5, 5.41) is 0. The Balaban J connectivity index is 2.64. The lowest BCUT2D eigenvalue weighted by Gasteiger charge is -2.02. The fourth-order valence-corrected chi connectivity index (χ4v) is 2.12. The molecule has 0 fully saturated rings. The van der Waals surface area contributed by atoms with E-state index < -0.39 is 0 Å². The van der Waals surface area contributed by atoms with Crippen molar-refractivity contribution in [2.24, 2.45) is 0 Å². The van der Waals surface area contributed by atoms with Crippen LogP contribution in [0.1, 0.15) is 23.1 Å². The molecule has 2 aromatic heterocycles. The molecule has 0 radical (unpaired) electrons. The molecule has 0 unspecified atom stereocenters. The quantitative estimate of drug-likeness (QED) is 0.795. The summed E-state index contributed by atoms with van der Waals surface area (Å²) in [6.45, 7) is 2.02. The highest BCUT2D eigenvalue weighted by Crippen LogP contribution is 2.20. The number of halogens is 1. The molecule has 0 amide bonds. The van der Waals surface area contributed by atoms with Crippen molar-refractivity contribution in [1.29, 1.82) is 0 Å². The Kier molecular flexibility index (Phi) is 2.96. The SMILES string of the molecule is CCc1nc(Br)c2ccc(C(=O)OC)cn12. The number of carbonyl (C=O) groups is 1. The summed E-state index contributed by atoms with van der Waals surface area (Å²) >= 11 is 3.39. The molecule has 0 aliphatic rings. The van der Waals surface area contributed by atoms with E-state index in [-0.39, 0.29) is 5.97 Å². The Hall–Kier alpha value is -1.36. The summed E-state index contributed by atoms with van der Waals surface area (Å²) in [5.74, 6) is 0.571. The lowest BCUT2D eigenvalue weighted by atomic mass is 10.2. The molecule has 5 heteroatoms. The van der Waals surface area contributed by atoms with Crippen molar-refractivity contribution in [3.63, 3.8) is 0 Å². The minimum Gasteiger partial charge on any atom is -0.465 e. The van der Waals surface area contributed by atoms with E-state index in [9.17, 15) is 4.79 Å². The zero-order chi connectivity index (χ0) is 11.7. The number of hydrogen-bond acceptors (Lipinski definition) is 3. The van der Waals surface area contributed by atoms with E-state index in [1.54, 1.807) is 12.3 Å². The van der Waals surface area contributed by atoms with Crippen molar-refractivity contribution in [3.05, 3.63) is 34.3 Å². The van der Waals surface area contributed by atoms with Crippen LogP contribution < -0.4 is 0 Å². The van der Waals surface area contributed by atoms with Gasteiger partial charge in [0.05, 0.1) is 18.2 Å². The van der Waals surface area contributed by atoms with Crippen molar-refractivity contribution in [1.82, 2.24) is 9.38 Å². The second-order valence-corrected chi connectivity index (χ2v) is 4.09. The summed E-state index contributed by atoms with van der Waals surface area (Å²) in [5.41, 5.74) is 1.47. The number of aromatic nitrogens is 2. The van der Waals surface area contributed by atoms with Crippen LogP contribution >= 0.6 is 15.9 Å². The molecule has 4 nitrogen and oxygen atoms in total. The summed E-state index contributed by atoms with van der Waals surface area (Å²) in [7, 11) is 1.37. The van der Waals surface area contributed by atoms with E-state index in [1.165, 1.54) is 7.11 Å². The van der Waals surface area contributed by atoms with Crippen molar-refractivity contribution < 1.29 is 9.53 Å². The second-order valence-electron chi connectivity index (χ2n) is 3.34. The molecule has 0 saturated carbocycles. The van der Waals surface area contributed by atoms with Crippen molar-refractivity contribution >= 4 is 27.4 Å². The van der Waals surface area contributed by atoms with Crippen LogP contribution in [0.25, 0.3) is 5.52 Å². The van der Waals surface area contributed by atoms with E-state index in [4.69, 9.17) is 0 Å². The number of nitrogens with zero attached hydrogens (tertiary/aromatic N) is 2. The summed E-state index contributed by atoms with van der Waals surface area (Å²) in [6.07, 6.45) is 2.55. The fraction of sp³-hybridized carbons (Fsp3) is 0.273. The van der Waals surface area contributed by atoms with E-state index in [0.717, 1.165) is 22.4 Å². The number of carbonyl (C=O) groups excluding carboxylic acids is 1. The predicted molar refractivity (Wildman–Crippen MR) is 63.6 cm³/mol. The molecule has 2 heterocycles. The molecule has 16 heavy (non-hydrogen) atoms. The van der Waals surface area contributed by atoms with Crippen LogP contribution in [0, 0.1) is 0 Å². The van der Waals surface area contributed by atoms with Gasteiger partial charge in [0.25, 0.3) is 0 Å². The highest BCUT2D eigenvalue weighted by molar-refractivity contribution is 9.10. The van der Waals surface area contributed by atoms with E-state index in [0.29, 0.717) is 5.56 Å². The number of fused-ring (bicyclic) bond motifs is 1. The first kappa shape index (κ1) is 11.1. The number of rotatable bonds is 2. The molecule has 0 N–H and O–H groups in total. The molecule has 0 saturated heterocycles. The zero-order valence-electron chi connectivity index (χ0n) is 9.03. The number of methoxy groups -OCH3 is 1. The Morgan fingerprint density at radius 3 is 2.94 bits per heavy atom. The van der Waals surface area contributed by atoms with Gasteiger partial charge in [0.1, 0.15) is 10.4 Å². The monoisotopic (exact) mass is 282 g/mol. The fourth-order valence-electron chi connectivity index (χ4n) is 1.59. The molecule has 0 aliphatic carbocycles. The maximum atomic E-state index is 11.4. The average Bonchev–Trinajstić information content (AvgIpc) is 2.64. The highest BCUT2D eigenvalue weighted by Gasteiger charge is 2.11. The predicted octanol–water partition coefficient (Wildman–Crippen LogP) is 2.45. The van der Waals surface area contributed by atoms with Gasteiger partial charge in [-0.3, -0.25) is 0 Å². The van der Waals surface area contributed by atoms with Crippen LogP contribution in [0.4, 0.5) is 0 Å². The first-order chi connectivity index (χ1) is 7.67. The Morgan fingerprint density at radius 1 is 1.56 bits per heavy atom. The van der Waals surface area contributed by atoms with Crippen LogP contribution in [-0.4, -0.2) is 22.5 Å². The molecule has 84 valence electrons.